The third-order valence-electron chi connectivity index (χ3n) is 3.01. The van der Waals surface area contributed by atoms with Gasteiger partial charge in [-0.25, -0.2) is 0 Å². The summed E-state index contributed by atoms with van der Waals surface area (Å²) in [7, 11) is 0. The number of aryl methyl sites for hydroxylation is 2. The van der Waals surface area contributed by atoms with Gasteiger partial charge in [0.1, 0.15) is 11.5 Å². The van der Waals surface area contributed by atoms with E-state index in [-0.39, 0.29) is 0 Å². The zero-order chi connectivity index (χ0) is 9.97. The zero-order valence-electron chi connectivity index (χ0n) is 8.88. The van der Waals surface area contributed by atoms with Crippen molar-refractivity contribution in [2.24, 2.45) is 11.7 Å². The summed E-state index contributed by atoms with van der Waals surface area (Å²) in [5, 5.41) is 0. The van der Waals surface area contributed by atoms with E-state index in [0.29, 0.717) is 0 Å². The molecule has 14 heavy (non-hydrogen) atoms. The van der Waals surface area contributed by atoms with Gasteiger partial charge in [0.25, 0.3) is 0 Å². The van der Waals surface area contributed by atoms with Crippen LogP contribution in [-0.4, -0.2) is 6.54 Å². The number of hydrogen-bond acceptors (Lipinski definition) is 2. The first-order valence-electron chi connectivity index (χ1n) is 5.60. The lowest BCUT2D eigenvalue weighted by atomic mass is 9.89. The molecule has 2 N–H and O–H groups in total. The molecule has 1 unspecified atom stereocenters. The Balaban J connectivity index is 2.07. The fraction of sp³-hybridized carbons (Fsp3) is 0.667. The average molecular weight is 193 g/mol. The van der Waals surface area contributed by atoms with Crippen molar-refractivity contribution < 1.29 is 4.42 Å². The van der Waals surface area contributed by atoms with Crippen molar-refractivity contribution in [1.82, 2.24) is 0 Å². The molecule has 1 atom stereocenters. The van der Waals surface area contributed by atoms with Gasteiger partial charge in [-0.2, -0.15) is 0 Å². The average Bonchev–Trinajstić information content (AvgIpc) is 2.56. The number of furan rings is 1. The summed E-state index contributed by atoms with van der Waals surface area (Å²) >= 11 is 0. The van der Waals surface area contributed by atoms with E-state index >= 15 is 0 Å². The monoisotopic (exact) mass is 193 g/mol. The Kier molecular flexibility index (Phi) is 2.92. The summed E-state index contributed by atoms with van der Waals surface area (Å²) in [5.74, 6) is 3.19. The van der Waals surface area contributed by atoms with Gasteiger partial charge in [0.2, 0.25) is 0 Å². The van der Waals surface area contributed by atoms with Crippen LogP contribution in [0.25, 0.3) is 0 Å². The number of hydrogen-bond donors (Lipinski definition) is 1. The summed E-state index contributed by atoms with van der Waals surface area (Å²) in [4.78, 5) is 0. The normalized spacial score (nSPS) is 20.9. The summed E-state index contributed by atoms with van der Waals surface area (Å²) in [6.45, 7) is 3.07. The molecule has 0 spiro atoms. The summed E-state index contributed by atoms with van der Waals surface area (Å²) in [6.07, 6.45) is 5.62. The van der Waals surface area contributed by atoms with Crippen molar-refractivity contribution in [3.8, 4) is 0 Å². The Labute approximate surface area is 85.5 Å². The molecule has 0 fully saturated rings. The van der Waals surface area contributed by atoms with Gasteiger partial charge in [-0.05, 0) is 43.4 Å². The minimum atomic E-state index is 0.752. The van der Waals surface area contributed by atoms with Gasteiger partial charge in [0.15, 0.2) is 0 Å². The molecule has 0 amide bonds. The molecule has 1 aromatic heterocycles. The molecule has 0 saturated heterocycles. The molecule has 0 aliphatic heterocycles. The molecule has 1 aromatic rings. The molecular weight excluding hydrogens is 174 g/mol. The summed E-state index contributed by atoms with van der Waals surface area (Å²) < 4.78 is 5.80. The lowest BCUT2D eigenvalue weighted by Crippen LogP contribution is -2.08. The molecule has 0 aromatic carbocycles. The highest BCUT2D eigenvalue weighted by Gasteiger charge is 2.19. The van der Waals surface area contributed by atoms with Crippen LogP contribution in [0.4, 0.5) is 0 Å². The fourth-order valence-corrected chi connectivity index (χ4v) is 2.17. The van der Waals surface area contributed by atoms with Gasteiger partial charge >= 0.3 is 0 Å². The maximum atomic E-state index is 5.80. The number of nitrogens with two attached hydrogens (primary N) is 1. The molecule has 1 heterocycles. The molecule has 0 radical (unpaired) electrons. The van der Waals surface area contributed by atoms with Crippen LogP contribution in [0.3, 0.4) is 0 Å². The Bertz CT molecular complexity index is 303. The van der Waals surface area contributed by atoms with Gasteiger partial charge in [0, 0.05) is 12.8 Å². The second-order valence-corrected chi connectivity index (χ2v) is 4.40. The van der Waals surface area contributed by atoms with E-state index in [1.54, 1.807) is 0 Å². The minimum absolute atomic E-state index is 0.752. The predicted octanol–water partition coefficient (Wildman–Crippen LogP) is 2.30. The molecular formula is C12H19NO. The highest BCUT2D eigenvalue weighted by atomic mass is 16.3. The lowest BCUT2D eigenvalue weighted by molar-refractivity contribution is 0.406. The molecule has 1 aliphatic carbocycles. The first-order valence-corrected chi connectivity index (χ1v) is 5.60. The second kappa shape index (κ2) is 4.18. The van der Waals surface area contributed by atoms with Crippen LogP contribution in [0.2, 0.25) is 0 Å². The molecule has 78 valence electrons. The molecule has 0 bridgehead atoms. The standard InChI is InChI=1S/C12H19NO/c1-9-4-5-12-10(7-9)8-11(14-12)3-2-6-13/h8-9H,2-7,13H2,1H3. The Hall–Kier alpha value is -0.760. The third-order valence-corrected chi connectivity index (χ3v) is 3.01. The van der Waals surface area contributed by atoms with E-state index in [9.17, 15) is 0 Å². The zero-order valence-corrected chi connectivity index (χ0v) is 8.88. The van der Waals surface area contributed by atoms with Crippen LogP contribution in [0.5, 0.6) is 0 Å². The van der Waals surface area contributed by atoms with E-state index in [4.69, 9.17) is 10.2 Å². The van der Waals surface area contributed by atoms with Crippen LogP contribution < -0.4 is 5.73 Å². The predicted molar refractivity (Wildman–Crippen MR) is 57.3 cm³/mol. The highest BCUT2D eigenvalue weighted by molar-refractivity contribution is 5.24. The Morgan fingerprint density at radius 2 is 2.43 bits per heavy atom. The van der Waals surface area contributed by atoms with E-state index in [0.717, 1.165) is 37.5 Å². The van der Waals surface area contributed by atoms with Crippen molar-refractivity contribution >= 4 is 0 Å². The quantitative estimate of drug-likeness (QED) is 0.800. The summed E-state index contributed by atoms with van der Waals surface area (Å²) in [5.41, 5.74) is 6.92. The van der Waals surface area contributed by atoms with Crippen molar-refractivity contribution in [3.63, 3.8) is 0 Å². The van der Waals surface area contributed by atoms with Crippen molar-refractivity contribution in [1.29, 1.82) is 0 Å². The highest BCUT2D eigenvalue weighted by Crippen LogP contribution is 2.28. The molecule has 1 aliphatic rings. The Morgan fingerprint density at radius 3 is 3.21 bits per heavy atom. The first kappa shape index (κ1) is 9.78. The van der Waals surface area contributed by atoms with Crippen LogP contribution in [0, 0.1) is 5.92 Å². The minimum Gasteiger partial charge on any atom is -0.466 e. The van der Waals surface area contributed by atoms with Crippen LogP contribution in [0.1, 0.15) is 36.8 Å². The SMILES string of the molecule is CC1CCc2oc(CCCN)cc2C1. The lowest BCUT2D eigenvalue weighted by Gasteiger charge is -2.15. The van der Waals surface area contributed by atoms with Gasteiger partial charge in [-0.15, -0.1) is 0 Å². The number of fused-ring (bicyclic) bond motifs is 1. The molecule has 2 heteroatoms. The van der Waals surface area contributed by atoms with Crippen LogP contribution >= 0.6 is 0 Å². The van der Waals surface area contributed by atoms with Gasteiger partial charge < -0.3 is 10.2 Å². The molecule has 0 saturated carbocycles. The topological polar surface area (TPSA) is 39.2 Å². The molecule has 2 nitrogen and oxygen atoms in total. The van der Waals surface area contributed by atoms with E-state index in [2.05, 4.69) is 13.0 Å². The van der Waals surface area contributed by atoms with Gasteiger partial charge in [-0.1, -0.05) is 6.92 Å². The van der Waals surface area contributed by atoms with E-state index < -0.39 is 0 Å². The van der Waals surface area contributed by atoms with Crippen molar-refractivity contribution in [2.75, 3.05) is 6.54 Å². The number of rotatable bonds is 3. The van der Waals surface area contributed by atoms with Gasteiger partial charge in [-0.3, -0.25) is 0 Å². The fourth-order valence-electron chi connectivity index (χ4n) is 2.17. The summed E-state index contributed by atoms with van der Waals surface area (Å²) in [6, 6.07) is 2.24. The van der Waals surface area contributed by atoms with Crippen LogP contribution in [0.15, 0.2) is 10.5 Å². The Morgan fingerprint density at radius 1 is 1.57 bits per heavy atom. The van der Waals surface area contributed by atoms with E-state index in [1.807, 2.05) is 0 Å². The largest absolute Gasteiger partial charge is 0.466 e. The van der Waals surface area contributed by atoms with Crippen molar-refractivity contribution in [3.05, 3.63) is 23.2 Å². The van der Waals surface area contributed by atoms with Gasteiger partial charge in [0.05, 0.1) is 0 Å². The smallest absolute Gasteiger partial charge is 0.107 e. The molecule has 2 rings (SSSR count). The first-order chi connectivity index (χ1) is 6.79. The van der Waals surface area contributed by atoms with Crippen molar-refractivity contribution in [2.45, 2.75) is 39.0 Å². The third kappa shape index (κ3) is 2.01. The maximum absolute atomic E-state index is 5.80. The van der Waals surface area contributed by atoms with E-state index in [1.165, 1.54) is 24.2 Å². The maximum Gasteiger partial charge on any atom is 0.107 e. The second-order valence-electron chi connectivity index (χ2n) is 4.40. The van der Waals surface area contributed by atoms with Crippen LogP contribution in [-0.2, 0) is 19.3 Å².